The van der Waals surface area contributed by atoms with Crippen LogP contribution < -0.4 is 0 Å². The molecule has 2 atom stereocenters. The lowest BCUT2D eigenvalue weighted by Crippen LogP contribution is -2.43. The molecule has 5 rings (SSSR count). The van der Waals surface area contributed by atoms with Gasteiger partial charge in [-0.15, -0.1) is 5.10 Å². The van der Waals surface area contributed by atoms with Crippen molar-refractivity contribution < 1.29 is 9.53 Å². The van der Waals surface area contributed by atoms with Crippen LogP contribution in [0.4, 0.5) is 0 Å². The summed E-state index contributed by atoms with van der Waals surface area (Å²) in [5, 5.41) is 11.1. The van der Waals surface area contributed by atoms with Crippen LogP contribution in [0.3, 0.4) is 0 Å². The molecule has 0 bridgehead atoms. The Balaban J connectivity index is 1.38. The van der Waals surface area contributed by atoms with Gasteiger partial charge in [-0.3, -0.25) is 4.79 Å². The second-order valence-electron chi connectivity index (χ2n) is 7.97. The van der Waals surface area contributed by atoms with Gasteiger partial charge in [0.2, 0.25) is 0 Å². The maximum atomic E-state index is 13.2. The Hall–Kier alpha value is -2.39. The summed E-state index contributed by atoms with van der Waals surface area (Å²) in [4.78, 5) is 22.0. The van der Waals surface area contributed by atoms with E-state index in [0.717, 1.165) is 44.8 Å². The monoisotopic (exact) mass is 369 g/mol. The lowest BCUT2D eigenvalue weighted by Gasteiger charge is -2.40. The number of amides is 1. The fourth-order valence-electron chi connectivity index (χ4n) is 4.90. The quantitative estimate of drug-likeness (QED) is 0.749. The van der Waals surface area contributed by atoms with Crippen molar-refractivity contribution in [1.82, 2.24) is 35.0 Å². The molecule has 2 aromatic heterocycles. The van der Waals surface area contributed by atoms with Gasteiger partial charge < -0.3 is 14.5 Å². The Morgan fingerprint density at radius 2 is 2.11 bits per heavy atom. The molecule has 0 N–H and O–H groups in total. The first-order valence-electron chi connectivity index (χ1n) is 9.43. The molecule has 1 amide bonds. The standard InChI is InChI=1S/C18H23N7O2/c1-23-6-4-18(5-7-23)11-24(16-10-27-9-14(16)18)17(26)15-3-2-13(8-19-15)25-12-20-21-22-25/h2-3,8,12,14,16H,4-7,9-11H2,1H3/t14-,16+/m0/s1. The van der Waals surface area contributed by atoms with Crippen LogP contribution in [0, 0.1) is 11.3 Å². The third kappa shape index (κ3) is 2.72. The molecule has 3 saturated heterocycles. The van der Waals surface area contributed by atoms with Crippen LogP contribution in [-0.2, 0) is 4.74 Å². The summed E-state index contributed by atoms with van der Waals surface area (Å²) in [5.41, 5.74) is 1.38. The molecule has 3 aliphatic rings. The predicted octanol–water partition coefficient (Wildman–Crippen LogP) is 0.240. The second kappa shape index (κ2) is 6.35. The van der Waals surface area contributed by atoms with E-state index in [1.54, 1.807) is 12.3 Å². The predicted molar refractivity (Wildman–Crippen MR) is 95.2 cm³/mol. The van der Waals surface area contributed by atoms with Crippen molar-refractivity contribution in [2.45, 2.75) is 18.9 Å². The molecule has 9 heteroatoms. The third-order valence-electron chi connectivity index (χ3n) is 6.55. The van der Waals surface area contributed by atoms with Gasteiger partial charge in [0.05, 0.1) is 31.1 Å². The van der Waals surface area contributed by atoms with Crippen molar-refractivity contribution in [2.24, 2.45) is 11.3 Å². The number of piperidine rings is 1. The molecular formula is C18H23N7O2. The Morgan fingerprint density at radius 3 is 2.81 bits per heavy atom. The van der Waals surface area contributed by atoms with Crippen LogP contribution in [0.5, 0.6) is 0 Å². The van der Waals surface area contributed by atoms with Gasteiger partial charge in [-0.25, -0.2) is 4.98 Å². The van der Waals surface area contributed by atoms with Crippen LogP contribution in [0.1, 0.15) is 23.3 Å². The van der Waals surface area contributed by atoms with Crippen molar-refractivity contribution in [2.75, 3.05) is 39.9 Å². The lowest BCUT2D eigenvalue weighted by molar-refractivity contribution is 0.0495. The van der Waals surface area contributed by atoms with Crippen LogP contribution in [-0.4, -0.2) is 86.8 Å². The summed E-state index contributed by atoms with van der Waals surface area (Å²) in [6.45, 7) is 4.39. The van der Waals surface area contributed by atoms with E-state index in [4.69, 9.17) is 4.74 Å². The van der Waals surface area contributed by atoms with Crippen LogP contribution >= 0.6 is 0 Å². The zero-order valence-electron chi connectivity index (χ0n) is 15.4. The molecule has 0 unspecified atom stereocenters. The Morgan fingerprint density at radius 1 is 1.26 bits per heavy atom. The van der Waals surface area contributed by atoms with E-state index in [-0.39, 0.29) is 17.4 Å². The van der Waals surface area contributed by atoms with Crippen molar-refractivity contribution >= 4 is 5.91 Å². The minimum absolute atomic E-state index is 0.00503. The fraction of sp³-hybridized carbons (Fsp3) is 0.611. The van der Waals surface area contributed by atoms with E-state index in [1.165, 1.54) is 11.0 Å². The van der Waals surface area contributed by atoms with Crippen molar-refractivity contribution in [1.29, 1.82) is 0 Å². The number of rotatable bonds is 2. The molecule has 0 saturated carbocycles. The number of fused-ring (bicyclic) bond motifs is 2. The molecule has 0 aliphatic carbocycles. The van der Waals surface area contributed by atoms with Crippen LogP contribution in [0.25, 0.3) is 5.69 Å². The summed E-state index contributed by atoms with van der Waals surface area (Å²) in [5.74, 6) is 0.435. The van der Waals surface area contributed by atoms with E-state index in [0.29, 0.717) is 18.2 Å². The molecule has 5 heterocycles. The number of likely N-dealkylation sites (tertiary alicyclic amines) is 2. The third-order valence-corrected chi connectivity index (χ3v) is 6.55. The van der Waals surface area contributed by atoms with Gasteiger partial charge in [0, 0.05) is 12.5 Å². The molecule has 142 valence electrons. The highest BCUT2D eigenvalue weighted by atomic mass is 16.5. The van der Waals surface area contributed by atoms with E-state index >= 15 is 0 Å². The molecular weight excluding hydrogens is 346 g/mol. The molecule has 2 aromatic rings. The zero-order valence-corrected chi connectivity index (χ0v) is 15.4. The minimum atomic E-state index is -0.00503. The van der Waals surface area contributed by atoms with Gasteiger partial charge >= 0.3 is 0 Å². The summed E-state index contributed by atoms with van der Waals surface area (Å²) in [6.07, 6.45) is 5.39. The van der Waals surface area contributed by atoms with Gasteiger partial charge in [0.25, 0.3) is 5.91 Å². The summed E-state index contributed by atoms with van der Waals surface area (Å²) < 4.78 is 7.32. The van der Waals surface area contributed by atoms with E-state index in [1.807, 2.05) is 11.0 Å². The SMILES string of the molecule is CN1CCC2(CC1)CN(C(=O)c1ccc(-n3cnnn3)cn1)[C@@H]1COC[C@@H]12. The highest BCUT2D eigenvalue weighted by molar-refractivity contribution is 5.93. The Bertz CT molecular complexity index is 815. The number of carbonyl (C=O) groups is 1. The van der Waals surface area contributed by atoms with Gasteiger partial charge in [-0.2, -0.15) is 4.68 Å². The minimum Gasteiger partial charge on any atom is -0.379 e. The number of aromatic nitrogens is 5. The number of nitrogens with zero attached hydrogens (tertiary/aromatic N) is 7. The molecule has 3 fully saturated rings. The van der Waals surface area contributed by atoms with Crippen LogP contribution in [0.2, 0.25) is 0 Å². The zero-order chi connectivity index (χ0) is 18.4. The van der Waals surface area contributed by atoms with E-state index < -0.39 is 0 Å². The number of ether oxygens (including phenoxy) is 1. The molecule has 0 aromatic carbocycles. The topological polar surface area (TPSA) is 89.3 Å². The first-order chi connectivity index (χ1) is 13.2. The fourth-order valence-corrected chi connectivity index (χ4v) is 4.90. The highest BCUT2D eigenvalue weighted by Gasteiger charge is 2.56. The number of tetrazole rings is 1. The number of hydrogen-bond donors (Lipinski definition) is 0. The Labute approximate surface area is 157 Å². The lowest BCUT2D eigenvalue weighted by atomic mass is 9.70. The summed E-state index contributed by atoms with van der Waals surface area (Å²) in [7, 11) is 2.17. The second-order valence-corrected chi connectivity index (χ2v) is 7.97. The molecule has 1 spiro atoms. The van der Waals surface area contributed by atoms with Crippen molar-refractivity contribution in [3.63, 3.8) is 0 Å². The molecule has 0 radical (unpaired) electrons. The normalized spacial score (nSPS) is 27.2. The molecule has 27 heavy (non-hydrogen) atoms. The maximum absolute atomic E-state index is 13.2. The van der Waals surface area contributed by atoms with Gasteiger partial charge in [-0.05, 0) is 61.0 Å². The van der Waals surface area contributed by atoms with Crippen LogP contribution in [0.15, 0.2) is 24.7 Å². The van der Waals surface area contributed by atoms with Crippen molar-refractivity contribution in [3.05, 3.63) is 30.4 Å². The van der Waals surface area contributed by atoms with Gasteiger partial charge in [0.15, 0.2) is 0 Å². The first kappa shape index (κ1) is 16.8. The number of hydrogen-bond acceptors (Lipinski definition) is 7. The molecule has 3 aliphatic heterocycles. The number of carbonyl (C=O) groups excluding carboxylic acids is 1. The van der Waals surface area contributed by atoms with E-state index in [2.05, 4.69) is 32.5 Å². The van der Waals surface area contributed by atoms with Gasteiger partial charge in [0.1, 0.15) is 12.0 Å². The average molecular weight is 369 g/mol. The Kier molecular flexibility index (Phi) is 3.94. The first-order valence-corrected chi connectivity index (χ1v) is 9.43. The smallest absolute Gasteiger partial charge is 0.272 e. The summed E-state index contributed by atoms with van der Waals surface area (Å²) >= 11 is 0. The molecule has 9 nitrogen and oxygen atoms in total. The van der Waals surface area contributed by atoms with Crippen molar-refractivity contribution in [3.8, 4) is 5.69 Å². The summed E-state index contributed by atoms with van der Waals surface area (Å²) in [6, 6.07) is 3.74. The highest BCUT2D eigenvalue weighted by Crippen LogP contribution is 2.50. The van der Waals surface area contributed by atoms with Gasteiger partial charge in [-0.1, -0.05) is 0 Å². The largest absolute Gasteiger partial charge is 0.379 e. The maximum Gasteiger partial charge on any atom is 0.272 e. The average Bonchev–Trinajstić information content (AvgIpc) is 3.43. The van der Waals surface area contributed by atoms with E-state index in [9.17, 15) is 4.79 Å². The number of pyridine rings is 1.